The lowest BCUT2D eigenvalue weighted by Crippen LogP contribution is -2.60. The zero-order chi connectivity index (χ0) is 40.5. The highest BCUT2D eigenvalue weighted by Crippen LogP contribution is 2.45. The number of hydrogen-bond donors (Lipinski definition) is 3. The number of aromatic nitrogens is 3. The van der Waals surface area contributed by atoms with Gasteiger partial charge in [-0.2, -0.15) is 10.1 Å². The maximum Gasteiger partial charge on any atom is 0.280 e. The molecule has 0 radical (unpaired) electrons. The molecule has 14 nitrogen and oxygen atoms in total. The van der Waals surface area contributed by atoms with Crippen LogP contribution in [0.25, 0.3) is 11.3 Å². The standard InChI is InChI=1S/C43H46F2N10O4/c1-23-13-25-15-36(47-23)32-19-46-52(2)42(32)59-12-9-24-14-26(24)20-55-37-16-27(3-5-35(37)49-43(55)51-40(25)57)48-28-21-54(22-28)29-7-10-53(11-8-29)30-17-33(44)39(34(45)18-30)31-4-6-38(56)50-41(31)58/h3,5,13,15-19,24,26,28-29,31,48H,4,6-12,14,20-22H2,1-2H3,(H,49,51,57)(H,50,56,58)/t24-,26+,31+/m0/s1. The molecular weight excluding hydrogens is 759 g/mol. The smallest absolute Gasteiger partial charge is 0.280 e. The molecule has 16 heteroatoms. The van der Waals surface area contributed by atoms with Gasteiger partial charge in [-0.3, -0.25) is 29.6 Å². The molecule has 1 aliphatic carbocycles. The fraction of sp³-hybridized carbons (Fsp3) is 0.442. The van der Waals surface area contributed by atoms with Gasteiger partial charge in [-0.15, -0.1) is 0 Å². The first-order valence-electron chi connectivity index (χ1n) is 20.6. The Balaban J connectivity index is 0.787. The summed E-state index contributed by atoms with van der Waals surface area (Å²) in [7, 11) is 1.85. The summed E-state index contributed by atoms with van der Waals surface area (Å²) in [5.74, 6) is -1.85. The summed E-state index contributed by atoms with van der Waals surface area (Å²) in [6, 6.07) is 13.0. The van der Waals surface area contributed by atoms with Gasteiger partial charge in [0.05, 0.1) is 47.4 Å². The van der Waals surface area contributed by atoms with E-state index in [1.165, 1.54) is 12.1 Å². The number of halogens is 2. The van der Waals surface area contributed by atoms with Crippen molar-refractivity contribution in [3.63, 3.8) is 0 Å². The van der Waals surface area contributed by atoms with Crippen molar-refractivity contribution in [1.29, 1.82) is 0 Å². The van der Waals surface area contributed by atoms with E-state index in [2.05, 4.69) is 48.0 Å². The molecular formula is C43H46F2N10O4. The Bertz CT molecular complexity index is 2380. The van der Waals surface area contributed by atoms with E-state index in [-0.39, 0.29) is 30.4 Å². The number of aryl methyl sites for hydroxylation is 2. The van der Waals surface area contributed by atoms with Crippen LogP contribution in [0.1, 0.15) is 66.1 Å². The molecule has 4 fully saturated rings. The molecule has 3 amide bonds. The van der Waals surface area contributed by atoms with E-state index < -0.39 is 29.4 Å². The van der Waals surface area contributed by atoms with Crippen LogP contribution in [0, 0.1) is 30.4 Å². The summed E-state index contributed by atoms with van der Waals surface area (Å²) in [6.07, 6.45) is 5.60. The van der Waals surface area contributed by atoms with Gasteiger partial charge in [-0.25, -0.2) is 13.5 Å². The minimum absolute atomic E-state index is 0.0572. The summed E-state index contributed by atoms with van der Waals surface area (Å²) in [5, 5.41) is 13.8. The number of amides is 3. The van der Waals surface area contributed by atoms with Crippen molar-refractivity contribution in [2.24, 2.45) is 23.9 Å². The number of piperidine rings is 2. The second-order valence-electron chi connectivity index (χ2n) is 16.8. The predicted octanol–water partition coefficient (Wildman–Crippen LogP) is 5.20. The van der Waals surface area contributed by atoms with Crippen LogP contribution in [0.5, 0.6) is 5.88 Å². The largest absolute Gasteiger partial charge is 0.477 e. The fourth-order valence-electron chi connectivity index (χ4n) is 9.50. The third-order valence-electron chi connectivity index (χ3n) is 12.9. The van der Waals surface area contributed by atoms with E-state index in [1.807, 2.05) is 24.9 Å². The van der Waals surface area contributed by atoms with Crippen LogP contribution < -0.4 is 30.5 Å². The maximum atomic E-state index is 15.2. The number of aliphatic imine (C=N–C) groups is 1. The topological polar surface area (TPSA) is 149 Å². The predicted molar refractivity (Wildman–Crippen MR) is 218 cm³/mol. The number of nitrogens with zero attached hydrogens (tertiary/aromatic N) is 7. The highest BCUT2D eigenvalue weighted by atomic mass is 19.1. The van der Waals surface area contributed by atoms with Crippen molar-refractivity contribution in [2.45, 2.75) is 63.5 Å². The number of guanidine groups is 1. The van der Waals surface area contributed by atoms with Crippen LogP contribution in [0.4, 0.5) is 31.5 Å². The molecule has 1 saturated carbocycles. The van der Waals surface area contributed by atoms with Crippen LogP contribution in [0.3, 0.4) is 0 Å². The summed E-state index contributed by atoms with van der Waals surface area (Å²) in [5.41, 5.74) is 5.60. The number of nitrogens with one attached hydrogen (secondary N) is 3. The second-order valence-corrected chi connectivity index (χ2v) is 16.8. The van der Waals surface area contributed by atoms with Gasteiger partial charge in [0.25, 0.3) is 5.91 Å². The quantitative estimate of drug-likeness (QED) is 0.229. The summed E-state index contributed by atoms with van der Waals surface area (Å²) in [6.45, 7) is 6.26. The Labute approximate surface area is 340 Å². The number of pyridine rings is 1. The highest BCUT2D eigenvalue weighted by Gasteiger charge is 2.42. The normalized spacial score (nSPS) is 24.5. The number of imide groups is 1. The Kier molecular flexibility index (Phi) is 9.33. The molecule has 0 spiro atoms. The van der Waals surface area contributed by atoms with Gasteiger partial charge in [0, 0.05) is 80.4 Å². The molecule has 2 aromatic heterocycles. The van der Waals surface area contributed by atoms with Crippen molar-refractivity contribution < 1.29 is 27.9 Å². The molecule has 3 atom stereocenters. The molecule has 59 heavy (non-hydrogen) atoms. The Morgan fingerprint density at radius 3 is 2.49 bits per heavy atom. The van der Waals surface area contributed by atoms with Gasteiger partial charge >= 0.3 is 0 Å². The number of anilines is 4. The zero-order valence-corrected chi connectivity index (χ0v) is 33.0. The van der Waals surface area contributed by atoms with E-state index in [1.54, 1.807) is 23.0 Å². The van der Waals surface area contributed by atoms with Crippen LogP contribution in [-0.4, -0.2) is 94.8 Å². The van der Waals surface area contributed by atoms with E-state index in [0.717, 1.165) is 67.9 Å². The third kappa shape index (κ3) is 7.16. The monoisotopic (exact) mass is 804 g/mol. The lowest BCUT2D eigenvalue weighted by atomic mass is 9.89. The lowest BCUT2D eigenvalue weighted by molar-refractivity contribution is -0.134. The van der Waals surface area contributed by atoms with Crippen molar-refractivity contribution in [1.82, 2.24) is 25.0 Å². The molecule has 2 bridgehead atoms. The molecule has 10 rings (SSSR count). The number of carbonyl (C=O) groups is 3. The van der Waals surface area contributed by atoms with Crippen LogP contribution in [0.15, 0.2) is 53.7 Å². The van der Waals surface area contributed by atoms with Crippen LogP contribution >= 0.6 is 0 Å². The number of rotatable bonds is 5. The van der Waals surface area contributed by atoms with Crippen LogP contribution in [0.2, 0.25) is 0 Å². The van der Waals surface area contributed by atoms with Crippen LogP contribution in [-0.2, 0) is 16.6 Å². The van der Waals surface area contributed by atoms with Crippen molar-refractivity contribution in [3.05, 3.63) is 77.1 Å². The SMILES string of the molecule is Cc1cc2cc(n1)-c1cnn(C)c1OCC[C@H]1C[C@@H]1CN1/C(=N/C2=O)Nc2ccc(NC3CN(C4CCN(c5cc(F)c([C@H]6CCC(=O)NC6=O)c(F)c5)CC4)C3)cc21. The fourth-order valence-corrected chi connectivity index (χ4v) is 9.50. The first kappa shape index (κ1) is 37.4. The molecule has 6 aliphatic rings. The zero-order valence-electron chi connectivity index (χ0n) is 33.0. The maximum absolute atomic E-state index is 15.2. The van der Waals surface area contributed by atoms with E-state index in [4.69, 9.17) is 9.72 Å². The second kappa shape index (κ2) is 14.7. The van der Waals surface area contributed by atoms with Gasteiger partial charge in [0.15, 0.2) is 0 Å². The first-order chi connectivity index (χ1) is 28.5. The number of carbonyl (C=O) groups excluding carboxylic acids is 3. The van der Waals surface area contributed by atoms with Gasteiger partial charge in [0.1, 0.15) is 11.6 Å². The summed E-state index contributed by atoms with van der Waals surface area (Å²) >= 11 is 0. The highest BCUT2D eigenvalue weighted by molar-refractivity contribution is 6.19. The molecule has 0 unspecified atom stereocenters. The molecule has 3 saturated heterocycles. The van der Waals surface area contributed by atoms with Crippen molar-refractivity contribution in [3.8, 4) is 17.1 Å². The average molecular weight is 805 g/mol. The third-order valence-corrected chi connectivity index (χ3v) is 12.9. The minimum atomic E-state index is -1.01. The number of hydrogen-bond acceptors (Lipinski definition) is 11. The van der Waals surface area contributed by atoms with Crippen molar-refractivity contribution in [2.75, 3.05) is 59.8 Å². The average Bonchev–Trinajstić information content (AvgIpc) is 3.71. The van der Waals surface area contributed by atoms with Gasteiger partial charge in [-0.05, 0) is 93.3 Å². The number of likely N-dealkylation sites (tertiary alicyclic amines) is 1. The first-order valence-corrected chi connectivity index (χ1v) is 20.6. The molecule has 7 heterocycles. The van der Waals surface area contributed by atoms with E-state index in [9.17, 15) is 14.4 Å². The van der Waals surface area contributed by atoms with Crippen molar-refractivity contribution >= 4 is 46.4 Å². The molecule has 3 N–H and O–H groups in total. The van der Waals surface area contributed by atoms with Gasteiger partial charge < -0.3 is 25.2 Å². The number of ether oxygens (including phenoxy) is 1. The Hall–Kier alpha value is -5.90. The van der Waals surface area contributed by atoms with E-state index in [0.29, 0.717) is 72.1 Å². The van der Waals surface area contributed by atoms with Gasteiger partial charge in [-0.1, -0.05) is 0 Å². The Morgan fingerprint density at radius 2 is 1.71 bits per heavy atom. The summed E-state index contributed by atoms with van der Waals surface area (Å²) < 4.78 is 38.5. The molecule has 5 aliphatic heterocycles. The number of benzene rings is 2. The molecule has 306 valence electrons. The van der Waals surface area contributed by atoms with Gasteiger partial charge in [0.2, 0.25) is 23.7 Å². The minimum Gasteiger partial charge on any atom is -0.477 e. The van der Waals surface area contributed by atoms with E-state index >= 15 is 8.78 Å². The molecule has 2 aromatic carbocycles. The number of fused-ring (bicyclic) bond motifs is 8. The summed E-state index contributed by atoms with van der Waals surface area (Å²) in [4.78, 5) is 53.6. The molecule has 4 aromatic rings. The lowest BCUT2D eigenvalue weighted by Gasteiger charge is -2.48. The Morgan fingerprint density at radius 1 is 0.915 bits per heavy atom.